The highest BCUT2D eigenvalue weighted by Crippen LogP contribution is 2.32. The van der Waals surface area contributed by atoms with Crippen LogP contribution in [0.4, 0.5) is 11.4 Å². The minimum atomic E-state index is -0.0670. The standard InChI is InChI=1S/C28H23ClN4OS/c1-2-33-24-11-5-3-9-21(24)22-14-13-20(16-25(22)33)32-27(34)18-35-26-12-6-4-10-23(26)31-17-19-8-7-15-30-28(19)29/h3-17H,2,18H2,1H3,(H,32,34). The van der Waals surface area contributed by atoms with Crippen LogP contribution in [0.5, 0.6) is 0 Å². The number of amides is 1. The SMILES string of the molecule is CCn1c2ccccc2c2ccc(NC(=O)CSc3ccccc3N=Cc3cccnc3Cl)cc21. The third-order valence-corrected chi connectivity index (χ3v) is 7.11. The zero-order chi connectivity index (χ0) is 24.2. The summed E-state index contributed by atoms with van der Waals surface area (Å²) in [6, 6.07) is 25.9. The number of hydrogen-bond donors (Lipinski definition) is 1. The number of aryl methyl sites for hydroxylation is 1. The van der Waals surface area contributed by atoms with Crippen LogP contribution in [-0.4, -0.2) is 27.4 Å². The molecule has 0 unspecified atom stereocenters. The summed E-state index contributed by atoms with van der Waals surface area (Å²) in [5, 5.41) is 5.86. The summed E-state index contributed by atoms with van der Waals surface area (Å²) >= 11 is 7.58. The van der Waals surface area contributed by atoms with Crippen LogP contribution in [0.3, 0.4) is 0 Å². The van der Waals surface area contributed by atoms with Gasteiger partial charge in [0.05, 0.1) is 17.0 Å². The van der Waals surface area contributed by atoms with Crippen molar-refractivity contribution in [2.45, 2.75) is 18.4 Å². The van der Waals surface area contributed by atoms with E-state index in [0.717, 1.165) is 33.9 Å². The number of nitrogens with one attached hydrogen (secondary N) is 1. The molecule has 0 spiro atoms. The number of hydrogen-bond acceptors (Lipinski definition) is 4. The van der Waals surface area contributed by atoms with Gasteiger partial charge in [-0.1, -0.05) is 48.0 Å². The number of aromatic nitrogens is 2. The monoisotopic (exact) mass is 498 g/mol. The topological polar surface area (TPSA) is 59.3 Å². The molecule has 2 aromatic heterocycles. The molecule has 0 atom stereocenters. The molecule has 0 aliphatic heterocycles. The van der Waals surface area contributed by atoms with Gasteiger partial charge in [-0.15, -0.1) is 11.8 Å². The third-order valence-electron chi connectivity index (χ3n) is 5.73. The van der Waals surface area contributed by atoms with Crippen molar-refractivity contribution in [2.24, 2.45) is 4.99 Å². The lowest BCUT2D eigenvalue weighted by Crippen LogP contribution is -2.14. The number of rotatable bonds is 7. The molecule has 174 valence electrons. The molecule has 5 rings (SSSR count). The fraction of sp³-hybridized carbons (Fsp3) is 0.107. The predicted octanol–water partition coefficient (Wildman–Crippen LogP) is 7.34. The molecule has 5 aromatic rings. The van der Waals surface area contributed by atoms with Crippen molar-refractivity contribution in [1.29, 1.82) is 0 Å². The summed E-state index contributed by atoms with van der Waals surface area (Å²) in [5.74, 6) is 0.206. The summed E-state index contributed by atoms with van der Waals surface area (Å²) in [4.78, 5) is 22.3. The molecule has 0 radical (unpaired) electrons. The predicted molar refractivity (Wildman–Crippen MR) is 147 cm³/mol. The van der Waals surface area contributed by atoms with Crippen LogP contribution in [0.25, 0.3) is 21.8 Å². The van der Waals surface area contributed by atoms with Gasteiger partial charge < -0.3 is 9.88 Å². The zero-order valence-corrected chi connectivity index (χ0v) is 20.7. The second-order valence-electron chi connectivity index (χ2n) is 7.94. The summed E-state index contributed by atoms with van der Waals surface area (Å²) in [5.41, 5.74) is 4.63. The number of pyridine rings is 1. The number of thioether (sulfide) groups is 1. The average Bonchev–Trinajstić information content (AvgIpc) is 3.20. The minimum absolute atomic E-state index is 0.0670. The molecular weight excluding hydrogens is 476 g/mol. The molecule has 1 N–H and O–H groups in total. The van der Waals surface area contributed by atoms with Crippen LogP contribution in [0.15, 0.2) is 94.9 Å². The van der Waals surface area contributed by atoms with Gasteiger partial charge in [-0.3, -0.25) is 9.79 Å². The lowest BCUT2D eigenvalue weighted by Gasteiger charge is -2.08. The highest BCUT2D eigenvalue weighted by Gasteiger charge is 2.12. The van der Waals surface area contributed by atoms with Crippen LogP contribution in [0.2, 0.25) is 5.15 Å². The van der Waals surface area contributed by atoms with Crippen molar-refractivity contribution in [2.75, 3.05) is 11.1 Å². The Morgan fingerprint density at radius 3 is 2.69 bits per heavy atom. The quantitative estimate of drug-likeness (QED) is 0.145. The molecule has 0 aliphatic rings. The van der Waals surface area contributed by atoms with Gasteiger partial charge in [0.2, 0.25) is 5.91 Å². The highest BCUT2D eigenvalue weighted by molar-refractivity contribution is 8.00. The van der Waals surface area contributed by atoms with Gasteiger partial charge in [-0.2, -0.15) is 0 Å². The molecule has 0 bridgehead atoms. The molecule has 35 heavy (non-hydrogen) atoms. The van der Waals surface area contributed by atoms with E-state index in [2.05, 4.69) is 63.2 Å². The van der Waals surface area contributed by atoms with Gasteiger partial charge in [0.15, 0.2) is 0 Å². The number of nitrogens with zero attached hydrogens (tertiary/aromatic N) is 3. The first kappa shape index (κ1) is 23.1. The second kappa shape index (κ2) is 10.3. The third kappa shape index (κ3) is 4.94. The average molecular weight is 499 g/mol. The molecule has 7 heteroatoms. The Bertz CT molecular complexity index is 1560. The Labute approximate surface area is 212 Å². The summed E-state index contributed by atoms with van der Waals surface area (Å²) in [6.45, 7) is 2.99. The summed E-state index contributed by atoms with van der Waals surface area (Å²) in [7, 11) is 0. The fourth-order valence-corrected chi connectivity index (χ4v) is 5.10. The van der Waals surface area contributed by atoms with E-state index in [0.29, 0.717) is 5.15 Å². The smallest absolute Gasteiger partial charge is 0.234 e. The van der Waals surface area contributed by atoms with E-state index in [9.17, 15) is 4.79 Å². The Morgan fingerprint density at radius 1 is 1.03 bits per heavy atom. The maximum absolute atomic E-state index is 12.8. The lowest BCUT2D eigenvalue weighted by atomic mass is 10.1. The van der Waals surface area contributed by atoms with Crippen molar-refractivity contribution in [3.05, 3.63) is 95.8 Å². The number of carbonyl (C=O) groups excluding carboxylic acids is 1. The van der Waals surface area contributed by atoms with Crippen molar-refractivity contribution in [3.8, 4) is 0 Å². The Hall–Kier alpha value is -3.61. The van der Waals surface area contributed by atoms with Gasteiger partial charge in [0, 0.05) is 51.4 Å². The maximum Gasteiger partial charge on any atom is 0.234 e. The molecule has 2 heterocycles. The highest BCUT2D eigenvalue weighted by atomic mass is 35.5. The molecule has 5 nitrogen and oxygen atoms in total. The minimum Gasteiger partial charge on any atom is -0.341 e. The summed E-state index contributed by atoms with van der Waals surface area (Å²) < 4.78 is 2.28. The second-order valence-corrected chi connectivity index (χ2v) is 9.31. The van der Waals surface area contributed by atoms with E-state index >= 15 is 0 Å². The number of halogens is 1. The maximum atomic E-state index is 12.8. The van der Waals surface area contributed by atoms with Crippen LogP contribution in [0.1, 0.15) is 12.5 Å². The lowest BCUT2D eigenvalue weighted by molar-refractivity contribution is -0.113. The number of para-hydroxylation sites is 2. The normalized spacial score (nSPS) is 11.5. The first-order valence-corrected chi connectivity index (χ1v) is 12.7. The summed E-state index contributed by atoms with van der Waals surface area (Å²) in [6.07, 6.45) is 3.33. The Balaban J connectivity index is 1.30. The zero-order valence-electron chi connectivity index (χ0n) is 19.1. The first-order valence-electron chi connectivity index (χ1n) is 11.3. The van der Waals surface area contributed by atoms with Gasteiger partial charge in [0.1, 0.15) is 5.15 Å². The largest absolute Gasteiger partial charge is 0.341 e. The number of fused-ring (bicyclic) bond motifs is 3. The van der Waals surface area contributed by atoms with Crippen molar-refractivity contribution >= 4 is 68.7 Å². The molecular formula is C28H23ClN4OS. The van der Waals surface area contributed by atoms with E-state index in [-0.39, 0.29) is 11.7 Å². The van der Waals surface area contributed by atoms with E-state index in [1.54, 1.807) is 12.4 Å². The van der Waals surface area contributed by atoms with E-state index in [1.807, 2.05) is 42.5 Å². The van der Waals surface area contributed by atoms with Crippen LogP contribution in [0, 0.1) is 0 Å². The van der Waals surface area contributed by atoms with Gasteiger partial charge >= 0.3 is 0 Å². The fourth-order valence-electron chi connectivity index (χ4n) is 4.13. The molecule has 0 aliphatic carbocycles. The first-order chi connectivity index (χ1) is 17.1. The molecule has 1 amide bonds. The van der Waals surface area contributed by atoms with E-state index in [4.69, 9.17) is 11.6 Å². The molecule has 0 saturated heterocycles. The molecule has 0 fully saturated rings. The van der Waals surface area contributed by atoms with Crippen molar-refractivity contribution in [3.63, 3.8) is 0 Å². The molecule has 0 saturated carbocycles. The number of anilines is 1. The number of benzene rings is 3. The van der Waals surface area contributed by atoms with Crippen molar-refractivity contribution < 1.29 is 4.79 Å². The number of aliphatic imine (C=N–C) groups is 1. The van der Waals surface area contributed by atoms with Crippen LogP contribution < -0.4 is 5.32 Å². The van der Waals surface area contributed by atoms with Gasteiger partial charge in [-0.05, 0) is 49.4 Å². The Morgan fingerprint density at radius 2 is 1.83 bits per heavy atom. The number of carbonyl (C=O) groups is 1. The Kier molecular flexibility index (Phi) is 6.84. The van der Waals surface area contributed by atoms with Gasteiger partial charge in [0.25, 0.3) is 0 Å². The van der Waals surface area contributed by atoms with E-state index < -0.39 is 0 Å². The van der Waals surface area contributed by atoms with E-state index in [1.165, 1.54) is 28.1 Å². The molecule has 3 aromatic carbocycles. The van der Waals surface area contributed by atoms with Crippen LogP contribution in [-0.2, 0) is 11.3 Å². The van der Waals surface area contributed by atoms with Gasteiger partial charge in [-0.25, -0.2) is 4.98 Å². The van der Waals surface area contributed by atoms with Crippen molar-refractivity contribution in [1.82, 2.24) is 9.55 Å². The van der Waals surface area contributed by atoms with Crippen LogP contribution >= 0.6 is 23.4 Å².